The van der Waals surface area contributed by atoms with Crippen LogP contribution in [0.3, 0.4) is 0 Å². The molecule has 1 fully saturated rings. The van der Waals surface area contributed by atoms with Gasteiger partial charge in [0.05, 0.1) is 11.7 Å². The maximum absolute atomic E-state index is 13.5. The van der Waals surface area contributed by atoms with E-state index in [1.807, 2.05) is 0 Å². The summed E-state index contributed by atoms with van der Waals surface area (Å²) >= 11 is 0. The quantitative estimate of drug-likeness (QED) is 0.778. The summed E-state index contributed by atoms with van der Waals surface area (Å²) in [6.07, 6.45) is 3.49. The molecule has 1 aliphatic rings. The number of hydrogen-bond acceptors (Lipinski definition) is 3. The third-order valence-electron chi connectivity index (χ3n) is 3.89. The van der Waals surface area contributed by atoms with Gasteiger partial charge in [-0.05, 0) is 31.0 Å². The minimum absolute atomic E-state index is 0.0619. The highest BCUT2D eigenvalue weighted by Crippen LogP contribution is 2.27. The first-order valence-electron chi connectivity index (χ1n) is 7.06. The first kappa shape index (κ1) is 15.4. The Morgan fingerprint density at radius 3 is 2.60 bits per heavy atom. The fraction of sp³-hybridized carbons (Fsp3) is 0.600. The Kier molecular flexibility index (Phi) is 5.07. The lowest BCUT2D eigenvalue weighted by Gasteiger charge is -2.32. The standard InChI is InChI=1S/C15H21F2NO2/c16-11-4-5-13(17)12(8-11)14(19)9-18-10-15(20)6-2-1-3-7-15/h4-5,8,14,18-20H,1-3,6-7,9-10H2. The van der Waals surface area contributed by atoms with Gasteiger partial charge in [-0.3, -0.25) is 0 Å². The summed E-state index contributed by atoms with van der Waals surface area (Å²) in [5.41, 5.74) is -0.800. The molecule has 0 radical (unpaired) electrons. The van der Waals surface area contributed by atoms with Crippen LogP contribution in [-0.2, 0) is 0 Å². The molecule has 112 valence electrons. The zero-order chi connectivity index (χ0) is 14.6. The van der Waals surface area contributed by atoms with E-state index in [4.69, 9.17) is 0 Å². The molecule has 0 spiro atoms. The Labute approximate surface area is 117 Å². The largest absolute Gasteiger partial charge is 0.389 e. The number of aliphatic hydroxyl groups excluding tert-OH is 1. The van der Waals surface area contributed by atoms with Gasteiger partial charge in [0.15, 0.2) is 0 Å². The Morgan fingerprint density at radius 1 is 1.20 bits per heavy atom. The van der Waals surface area contributed by atoms with Crippen molar-refractivity contribution in [1.82, 2.24) is 5.32 Å². The number of rotatable bonds is 5. The van der Waals surface area contributed by atoms with Gasteiger partial charge in [-0.2, -0.15) is 0 Å². The van der Waals surface area contributed by atoms with Crippen LogP contribution in [-0.4, -0.2) is 28.9 Å². The highest BCUT2D eigenvalue weighted by molar-refractivity contribution is 5.21. The van der Waals surface area contributed by atoms with Crippen LogP contribution >= 0.6 is 0 Å². The van der Waals surface area contributed by atoms with Crippen molar-refractivity contribution < 1.29 is 19.0 Å². The normalized spacial score (nSPS) is 19.8. The molecule has 0 aromatic heterocycles. The fourth-order valence-corrected chi connectivity index (χ4v) is 2.71. The van der Waals surface area contributed by atoms with Gasteiger partial charge in [0, 0.05) is 18.7 Å². The Hall–Kier alpha value is -1.04. The van der Waals surface area contributed by atoms with E-state index in [9.17, 15) is 19.0 Å². The van der Waals surface area contributed by atoms with Gasteiger partial charge in [-0.15, -0.1) is 0 Å². The summed E-state index contributed by atoms with van der Waals surface area (Å²) in [5.74, 6) is -1.21. The summed E-state index contributed by atoms with van der Waals surface area (Å²) < 4.78 is 26.5. The molecule has 1 aliphatic carbocycles. The van der Waals surface area contributed by atoms with E-state index in [1.165, 1.54) is 0 Å². The SMILES string of the molecule is OC(CNCC1(O)CCCCC1)c1cc(F)ccc1F. The average Bonchev–Trinajstić information content (AvgIpc) is 2.42. The Bertz CT molecular complexity index is 447. The van der Waals surface area contributed by atoms with Crippen LogP contribution in [0.4, 0.5) is 8.78 Å². The molecule has 20 heavy (non-hydrogen) atoms. The molecule has 2 rings (SSSR count). The molecule has 1 aromatic carbocycles. The van der Waals surface area contributed by atoms with Gasteiger partial charge in [0.1, 0.15) is 11.6 Å². The highest BCUT2D eigenvalue weighted by atomic mass is 19.1. The molecule has 1 saturated carbocycles. The minimum Gasteiger partial charge on any atom is -0.389 e. The third kappa shape index (κ3) is 3.98. The van der Waals surface area contributed by atoms with Crippen molar-refractivity contribution in [3.05, 3.63) is 35.4 Å². The van der Waals surface area contributed by atoms with Crippen molar-refractivity contribution in [2.24, 2.45) is 0 Å². The second-order valence-corrected chi connectivity index (χ2v) is 5.60. The van der Waals surface area contributed by atoms with Crippen molar-refractivity contribution in [2.45, 2.75) is 43.8 Å². The van der Waals surface area contributed by atoms with Gasteiger partial charge in [0.25, 0.3) is 0 Å². The van der Waals surface area contributed by atoms with E-state index < -0.39 is 23.3 Å². The zero-order valence-electron chi connectivity index (χ0n) is 11.4. The summed E-state index contributed by atoms with van der Waals surface area (Å²) in [6, 6.07) is 3.02. The van der Waals surface area contributed by atoms with E-state index in [2.05, 4.69) is 5.32 Å². The van der Waals surface area contributed by atoms with Crippen molar-refractivity contribution in [3.63, 3.8) is 0 Å². The summed E-state index contributed by atoms with van der Waals surface area (Å²) in [7, 11) is 0. The molecule has 0 amide bonds. The molecule has 3 nitrogen and oxygen atoms in total. The van der Waals surface area contributed by atoms with E-state index in [1.54, 1.807) is 0 Å². The maximum Gasteiger partial charge on any atom is 0.129 e. The molecule has 0 bridgehead atoms. The van der Waals surface area contributed by atoms with E-state index in [0.29, 0.717) is 6.54 Å². The van der Waals surface area contributed by atoms with Crippen LogP contribution in [0.5, 0.6) is 0 Å². The molecular formula is C15H21F2NO2. The van der Waals surface area contributed by atoms with Gasteiger partial charge in [0.2, 0.25) is 0 Å². The molecule has 0 saturated heterocycles. The van der Waals surface area contributed by atoms with Crippen LogP contribution in [0.2, 0.25) is 0 Å². The fourth-order valence-electron chi connectivity index (χ4n) is 2.71. The van der Waals surface area contributed by atoms with Crippen LogP contribution in [0, 0.1) is 11.6 Å². The molecule has 0 heterocycles. The summed E-state index contributed by atoms with van der Waals surface area (Å²) in [6.45, 7) is 0.448. The molecule has 1 unspecified atom stereocenters. The molecule has 5 heteroatoms. The van der Waals surface area contributed by atoms with Crippen molar-refractivity contribution in [2.75, 3.05) is 13.1 Å². The van der Waals surface area contributed by atoms with Crippen molar-refractivity contribution >= 4 is 0 Å². The third-order valence-corrected chi connectivity index (χ3v) is 3.89. The van der Waals surface area contributed by atoms with Gasteiger partial charge < -0.3 is 15.5 Å². The number of aliphatic hydroxyl groups is 2. The van der Waals surface area contributed by atoms with E-state index in [-0.39, 0.29) is 12.1 Å². The molecule has 1 aromatic rings. The molecule has 0 aliphatic heterocycles. The lowest BCUT2D eigenvalue weighted by molar-refractivity contribution is 0.00257. The Balaban J connectivity index is 1.85. The second-order valence-electron chi connectivity index (χ2n) is 5.60. The van der Waals surface area contributed by atoms with Crippen LogP contribution in [0.15, 0.2) is 18.2 Å². The van der Waals surface area contributed by atoms with Crippen LogP contribution < -0.4 is 5.32 Å². The monoisotopic (exact) mass is 285 g/mol. The smallest absolute Gasteiger partial charge is 0.129 e. The number of benzene rings is 1. The average molecular weight is 285 g/mol. The van der Waals surface area contributed by atoms with E-state index >= 15 is 0 Å². The van der Waals surface area contributed by atoms with E-state index in [0.717, 1.165) is 50.3 Å². The lowest BCUT2D eigenvalue weighted by Crippen LogP contribution is -2.43. The first-order valence-corrected chi connectivity index (χ1v) is 7.06. The van der Waals surface area contributed by atoms with Crippen molar-refractivity contribution in [3.8, 4) is 0 Å². The number of hydrogen-bond donors (Lipinski definition) is 3. The summed E-state index contributed by atoms with van der Waals surface area (Å²) in [5, 5.41) is 23.1. The minimum atomic E-state index is -1.13. The highest BCUT2D eigenvalue weighted by Gasteiger charge is 2.28. The molecule has 1 atom stereocenters. The number of nitrogens with one attached hydrogen (secondary N) is 1. The van der Waals surface area contributed by atoms with Gasteiger partial charge >= 0.3 is 0 Å². The zero-order valence-corrected chi connectivity index (χ0v) is 11.4. The van der Waals surface area contributed by atoms with Gasteiger partial charge in [-0.25, -0.2) is 8.78 Å². The topological polar surface area (TPSA) is 52.5 Å². The predicted molar refractivity (Wildman–Crippen MR) is 72.2 cm³/mol. The van der Waals surface area contributed by atoms with Crippen molar-refractivity contribution in [1.29, 1.82) is 0 Å². The predicted octanol–water partition coefficient (Wildman–Crippen LogP) is 2.28. The Morgan fingerprint density at radius 2 is 1.90 bits per heavy atom. The first-order chi connectivity index (χ1) is 9.50. The van der Waals surface area contributed by atoms with Crippen LogP contribution in [0.25, 0.3) is 0 Å². The molecular weight excluding hydrogens is 264 g/mol. The maximum atomic E-state index is 13.5. The van der Waals surface area contributed by atoms with Crippen LogP contribution in [0.1, 0.15) is 43.8 Å². The van der Waals surface area contributed by atoms with Gasteiger partial charge in [-0.1, -0.05) is 19.3 Å². The summed E-state index contributed by atoms with van der Waals surface area (Å²) in [4.78, 5) is 0. The second kappa shape index (κ2) is 6.61. The number of halogens is 2. The lowest BCUT2D eigenvalue weighted by atomic mass is 9.85. The molecule has 3 N–H and O–H groups in total.